The van der Waals surface area contributed by atoms with E-state index in [0.29, 0.717) is 5.95 Å². The van der Waals surface area contributed by atoms with E-state index >= 15 is 0 Å². The third-order valence-corrected chi connectivity index (χ3v) is 4.94. The van der Waals surface area contributed by atoms with E-state index < -0.39 is 0 Å². The van der Waals surface area contributed by atoms with Gasteiger partial charge in [-0.3, -0.25) is 5.43 Å². The van der Waals surface area contributed by atoms with Gasteiger partial charge in [0.05, 0.1) is 0 Å². The molecule has 6 heteroatoms. The molecule has 0 aliphatic carbocycles. The van der Waals surface area contributed by atoms with Crippen molar-refractivity contribution in [1.82, 2.24) is 9.97 Å². The van der Waals surface area contributed by atoms with Crippen molar-refractivity contribution < 1.29 is 0 Å². The Hall–Kier alpha value is -1.63. The van der Waals surface area contributed by atoms with Gasteiger partial charge < -0.3 is 0 Å². The van der Waals surface area contributed by atoms with Gasteiger partial charge in [-0.05, 0) is 42.5 Å². The average Bonchev–Trinajstić information content (AvgIpc) is 2.91. The molecule has 2 aromatic heterocycles. The van der Waals surface area contributed by atoms with E-state index in [1.165, 1.54) is 16.0 Å². The zero-order chi connectivity index (χ0) is 14.1. The summed E-state index contributed by atoms with van der Waals surface area (Å²) in [5.74, 6) is 5.90. The molecule has 0 amide bonds. The number of hydrogen-bond donors (Lipinski definition) is 2. The molecule has 0 saturated carbocycles. The molecule has 0 atom stereocenters. The summed E-state index contributed by atoms with van der Waals surface area (Å²) >= 11 is 3.24. The highest BCUT2D eigenvalue weighted by molar-refractivity contribution is 7.99. The zero-order valence-corrected chi connectivity index (χ0v) is 12.8. The third kappa shape index (κ3) is 2.49. The number of hydrogen-bond acceptors (Lipinski definition) is 6. The molecule has 4 nitrogen and oxygen atoms in total. The standard InChI is InChI=1S/C14H14N4S2/c1-8-3-4-9(2)11(7-8)20-13-10-5-6-19-12(10)16-14(17-13)18-15/h3-7H,15H2,1-2H3,(H,16,17,18). The molecule has 3 aromatic rings. The summed E-state index contributed by atoms with van der Waals surface area (Å²) in [4.78, 5) is 11.0. The van der Waals surface area contributed by atoms with Crippen molar-refractivity contribution in [3.8, 4) is 0 Å². The molecule has 3 rings (SSSR count). The summed E-state index contributed by atoms with van der Waals surface area (Å²) in [6.45, 7) is 4.20. The first-order valence-electron chi connectivity index (χ1n) is 6.14. The molecule has 20 heavy (non-hydrogen) atoms. The van der Waals surface area contributed by atoms with Crippen LogP contribution in [0.1, 0.15) is 11.1 Å². The molecule has 0 unspecified atom stereocenters. The Morgan fingerprint density at radius 3 is 2.85 bits per heavy atom. The minimum Gasteiger partial charge on any atom is -0.292 e. The summed E-state index contributed by atoms with van der Waals surface area (Å²) in [5.41, 5.74) is 5.01. The molecule has 0 aliphatic heterocycles. The molecule has 3 N–H and O–H groups in total. The van der Waals surface area contributed by atoms with Crippen molar-refractivity contribution in [2.45, 2.75) is 23.8 Å². The fraction of sp³-hybridized carbons (Fsp3) is 0.143. The maximum absolute atomic E-state index is 5.45. The topological polar surface area (TPSA) is 63.8 Å². The number of nitrogens with one attached hydrogen (secondary N) is 1. The van der Waals surface area contributed by atoms with Crippen LogP contribution in [0.5, 0.6) is 0 Å². The molecular weight excluding hydrogens is 288 g/mol. The minimum absolute atomic E-state index is 0.452. The van der Waals surface area contributed by atoms with Gasteiger partial charge in [-0.25, -0.2) is 15.8 Å². The maximum atomic E-state index is 5.45. The number of aromatic nitrogens is 2. The summed E-state index contributed by atoms with van der Waals surface area (Å²) in [6.07, 6.45) is 0. The van der Waals surface area contributed by atoms with Gasteiger partial charge in [-0.2, -0.15) is 0 Å². The maximum Gasteiger partial charge on any atom is 0.239 e. The van der Waals surface area contributed by atoms with E-state index in [4.69, 9.17) is 5.84 Å². The van der Waals surface area contributed by atoms with Crippen LogP contribution in [0.4, 0.5) is 5.95 Å². The lowest BCUT2D eigenvalue weighted by Crippen LogP contribution is -2.10. The van der Waals surface area contributed by atoms with Crippen LogP contribution in [0.15, 0.2) is 39.6 Å². The Morgan fingerprint density at radius 1 is 1.20 bits per heavy atom. The molecule has 0 fully saturated rings. The molecule has 1 aromatic carbocycles. The van der Waals surface area contributed by atoms with Crippen LogP contribution in [0, 0.1) is 13.8 Å². The monoisotopic (exact) mass is 302 g/mol. The Balaban J connectivity index is 2.09. The van der Waals surface area contributed by atoms with E-state index in [-0.39, 0.29) is 0 Å². The number of benzene rings is 1. The highest BCUT2D eigenvalue weighted by Crippen LogP contribution is 2.35. The van der Waals surface area contributed by atoms with E-state index in [1.807, 2.05) is 11.4 Å². The van der Waals surface area contributed by atoms with E-state index in [9.17, 15) is 0 Å². The second kappa shape index (κ2) is 5.40. The molecule has 0 bridgehead atoms. The van der Waals surface area contributed by atoms with Crippen LogP contribution >= 0.6 is 23.1 Å². The lowest BCUT2D eigenvalue weighted by molar-refractivity contribution is 1.07. The van der Waals surface area contributed by atoms with Crippen molar-refractivity contribution in [3.05, 3.63) is 40.8 Å². The molecule has 2 heterocycles. The van der Waals surface area contributed by atoms with Crippen molar-refractivity contribution in [2.24, 2.45) is 5.84 Å². The summed E-state index contributed by atoms with van der Waals surface area (Å²) in [7, 11) is 0. The fourth-order valence-electron chi connectivity index (χ4n) is 1.89. The summed E-state index contributed by atoms with van der Waals surface area (Å²) < 4.78 is 0. The predicted octanol–water partition coefficient (Wildman–Crippen LogP) is 3.74. The van der Waals surface area contributed by atoms with Gasteiger partial charge in [-0.1, -0.05) is 23.9 Å². The first kappa shape index (κ1) is 13.4. The summed E-state index contributed by atoms with van der Waals surface area (Å²) in [5, 5.41) is 4.02. The van der Waals surface area contributed by atoms with Gasteiger partial charge in [0.1, 0.15) is 9.86 Å². The second-order valence-electron chi connectivity index (χ2n) is 4.51. The van der Waals surface area contributed by atoms with Gasteiger partial charge >= 0.3 is 0 Å². The first-order valence-corrected chi connectivity index (χ1v) is 7.84. The lowest BCUT2D eigenvalue weighted by atomic mass is 10.2. The molecule has 102 valence electrons. The number of hydrazine groups is 1. The number of nitrogens with zero attached hydrogens (tertiary/aromatic N) is 2. The van der Waals surface area contributed by atoms with Gasteiger partial charge in [0, 0.05) is 10.3 Å². The Labute approximate surface area is 125 Å². The molecular formula is C14H14N4S2. The number of nitrogen functional groups attached to an aromatic ring is 1. The van der Waals surface area contributed by atoms with Crippen molar-refractivity contribution >= 4 is 39.3 Å². The molecule has 0 aliphatic rings. The highest BCUT2D eigenvalue weighted by atomic mass is 32.2. The third-order valence-electron chi connectivity index (χ3n) is 2.97. The Kier molecular flexibility index (Phi) is 3.60. The SMILES string of the molecule is Cc1ccc(C)c(Sc2nc(NN)nc3sccc23)c1. The average molecular weight is 302 g/mol. The van der Waals surface area contributed by atoms with E-state index in [1.54, 1.807) is 23.1 Å². The predicted molar refractivity (Wildman–Crippen MR) is 85.3 cm³/mol. The second-order valence-corrected chi connectivity index (χ2v) is 6.43. The zero-order valence-electron chi connectivity index (χ0n) is 11.2. The van der Waals surface area contributed by atoms with Crippen LogP contribution in [0.25, 0.3) is 10.2 Å². The summed E-state index contributed by atoms with van der Waals surface area (Å²) in [6, 6.07) is 8.47. The van der Waals surface area contributed by atoms with Crippen LogP contribution in [0.2, 0.25) is 0 Å². The van der Waals surface area contributed by atoms with E-state index in [0.717, 1.165) is 15.2 Å². The van der Waals surface area contributed by atoms with Crippen LogP contribution < -0.4 is 11.3 Å². The number of rotatable bonds is 3. The number of anilines is 1. The number of fused-ring (bicyclic) bond motifs is 1. The van der Waals surface area contributed by atoms with Crippen LogP contribution in [-0.2, 0) is 0 Å². The van der Waals surface area contributed by atoms with Crippen molar-refractivity contribution in [2.75, 3.05) is 5.43 Å². The van der Waals surface area contributed by atoms with Gasteiger partial charge in [0.25, 0.3) is 0 Å². The Bertz CT molecular complexity index is 767. The van der Waals surface area contributed by atoms with Crippen molar-refractivity contribution in [1.29, 1.82) is 0 Å². The highest BCUT2D eigenvalue weighted by Gasteiger charge is 2.11. The van der Waals surface area contributed by atoms with Gasteiger partial charge in [0.2, 0.25) is 5.95 Å². The van der Waals surface area contributed by atoms with Gasteiger partial charge in [0.15, 0.2) is 0 Å². The Morgan fingerprint density at radius 2 is 2.05 bits per heavy atom. The normalized spacial score (nSPS) is 10.9. The lowest BCUT2D eigenvalue weighted by Gasteiger charge is -2.08. The van der Waals surface area contributed by atoms with Gasteiger partial charge in [-0.15, -0.1) is 11.3 Å². The van der Waals surface area contributed by atoms with Crippen LogP contribution in [-0.4, -0.2) is 9.97 Å². The fourth-order valence-corrected chi connectivity index (χ4v) is 3.81. The van der Waals surface area contributed by atoms with E-state index in [2.05, 4.69) is 47.4 Å². The largest absolute Gasteiger partial charge is 0.292 e. The number of nitrogens with two attached hydrogens (primary N) is 1. The van der Waals surface area contributed by atoms with Crippen molar-refractivity contribution in [3.63, 3.8) is 0 Å². The first-order chi connectivity index (χ1) is 9.67. The smallest absolute Gasteiger partial charge is 0.239 e. The minimum atomic E-state index is 0.452. The molecule has 0 spiro atoms. The molecule has 0 radical (unpaired) electrons. The number of aryl methyl sites for hydroxylation is 2. The number of thiophene rings is 1. The molecule has 0 saturated heterocycles. The van der Waals surface area contributed by atoms with Crippen LogP contribution in [0.3, 0.4) is 0 Å². The quantitative estimate of drug-likeness (QED) is 0.438.